The second kappa shape index (κ2) is 3.71. The lowest BCUT2D eigenvalue weighted by molar-refractivity contribution is 0.571. The van der Waals surface area contributed by atoms with E-state index < -0.39 is 0 Å². The normalized spacial score (nSPS) is 13.1. The molecule has 0 aromatic heterocycles. The summed E-state index contributed by atoms with van der Waals surface area (Å²) in [7, 11) is 0. The van der Waals surface area contributed by atoms with Gasteiger partial charge in [-0.25, -0.2) is 0 Å². The summed E-state index contributed by atoms with van der Waals surface area (Å²) in [4.78, 5) is 0. The zero-order chi connectivity index (χ0) is 9.80. The van der Waals surface area contributed by atoms with Gasteiger partial charge in [-0.15, -0.1) is 5.53 Å². The lowest BCUT2D eigenvalue weighted by Gasteiger charge is -2.02. The fourth-order valence-electron chi connectivity index (χ4n) is 1.08. The van der Waals surface area contributed by atoms with Gasteiger partial charge >= 0.3 is 0 Å². The zero-order valence-electron chi connectivity index (χ0n) is 7.06. The molecule has 0 fully saturated rings. The van der Waals surface area contributed by atoms with Gasteiger partial charge in [-0.3, -0.25) is 5.22 Å². The maximum Gasteiger partial charge on any atom is 0.128 e. The van der Waals surface area contributed by atoms with E-state index in [1.165, 1.54) is 0 Å². The molecule has 7 nitrogen and oxygen atoms in total. The van der Waals surface area contributed by atoms with Gasteiger partial charge in [0, 0.05) is 6.07 Å². The third-order valence-corrected chi connectivity index (χ3v) is 1.67. The maximum atomic E-state index is 8.01. The number of rotatable bonds is 3. The van der Waals surface area contributed by atoms with E-state index in [1.54, 1.807) is 12.1 Å². The fraction of sp³-hybridized carbons (Fsp3) is 0. The molecular formula is C7H7N6O-. The van der Waals surface area contributed by atoms with Crippen LogP contribution in [0.4, 0.5) is 11.4 Å². The highest BCUT2D eigenvalue weighted by molar-refractivity contribution is 5.73. The third kappa shape index (κ3) is 1.62. The summed E-state index contributed by atoms with van der Waals surface area (Å²) < 4.78 is 5.03. The molecule has 0 radical (unpaired) electrons. The second-order valence-corrected chi connectivity index (χ2v) is 2.51. The van der Waals surface area contributed by atoms with E-state index in [0.717, 1.165) is 17.8 Å². The number of benzene rings is 1. The van der Waals surface area contributed by atoms with Crippen LogP contribution in [0.1, 0.15) is 0 Å². The number of hydrogen-bond acceptors (Lipinski definition) is 5. The Hall–Kier alpha value is -2.15. The third-order valence-electron chi connectivity index (χ3n) is 1.67. The largest absolute Gasteiger partial charge is 0.467 e. The summed E-state index contributed by atoms with van der Waals surface area (Å²) in [5, 5.41) is 5.67. The lowest BCUT2D eigenvalue weighted by Crippen LogP contribution is -2.19. The highest BCUT2D eigenvalue weighted by Gasteiger charge is 2.08. The highest BCUT2D eigenvalue weighted by Crippen LogP contribution is 2.28. The Bertz CT molecular complexity index is 376. The van der Waals surface area contributed by atoms with E-state index in [0.29, 0.717) is 5.75 Å². The second-order valence-electron chi connectivity index (χ2n) is 2.51. The average Bonchev–Trinajstić information content (AvgIpc) is 2.65. The number of hydrazine groups is 2. The van der Waals surface area contributed by atoms with Crippen molar-refractivity contribution in [2.45, 2.75) is 0 Å². The predicted molar refractivity (Wildman–Crippen MR) is 51.7 cm³/mol. The molecule has 14 heavy (non-hydrogen) atoms. The van der Waals surface area contributed by atoms with Gasteiger partial charge in [0.2, 0.25) is 0 Å². The van der Waals surface area contributed by atoms with Gasteiger partial charge in [0.1, 0.15) is 5.75 Å². The number of fused-ring (bicyclic) bond motifs is 1. The Labute approximate surface area is 79.6 Å². The molecule has 0 aliphatic carbocycles. The van der Waals surface area contributed by atoms with Crippen LogP contribution >= 0.6 is 0 Å². The van der Waals surface area contributed by atoms with Crippen LogP contribution in [0.15, 0.2) is 28.5 Å². The molecule has 1 heterocycles. The number of nitrogens with one attached hydrogen (secondary N) is 3. The Morgan fingerprint density at radius 1 is 1.29 bits per heavy atom. The maximum absolute atomic E-state index is 8.01. The topological polar surface area (TPSA) is 92.3 Å². The van der Waals surface area contributed by atoms with E-state index in [2.05, 4.69) is 26.7 Å². The minimum absolute atomic E-state index is 0.592. The summed E-state index contributed by atoms with van der Waals surface area (Å²) in [5.74, 6) is 0.592. The Kier molecular flexibility index (Phi) is 2.24. The molecule has 3 N–H and O–H groups in total. The number of nitrogens with zero attached hydrogens (tertiary/aromatic N) is 3. The summed E-state index contributed by atoms with van der Waals surface area (Å²) >= 11 is 0. The van der Waals surface area contributed by atoms with Crippen molar-refractivity contribution in [2.75, 3.05) is 10.9 Å². The van der Waals surface area contributed by atoms with Crippen molar-refractivity contribution in [1.29, 1.82) is 0 Å². The molecule has 2 rings (SSSR count). The summed E-state index contributed by atoms with van der Waals surface area (Å²) in [6.45, 7) is 0. The minimum Gasteiger partial charge on any atom is -0.467 e. The molecule has 7 heteroatoms. The minimum atomic E-state index is 0.592. The standard InChI is InChI=1S/C7H7N6O/c8-12-9-4-14-5-1-2-6-7(3-5)11-13-10-6/h1-4,10-11,13H/q-1/b9-4+. The first-order valence-corrected chi connectivity index (χ1v) is 3.84. The van der Waals surface area contributed by atoms with Crippen molar-refractivity contribution < 1.29 is 4.74 Å². The first kappa shape index (κ1) is 8.45. The molecule has 72 valence electrons. The van der Waals surface area contributed by atoms with Gasteiger partial charge in [0.05, 0.1) is 17.8 Å². The highest BCUT2D eigenvalue weighted by atomic mass is 16.5. The molecule has 0 saturated heterocycles. The van der Waals surface area contributed by atoms with Gasteiger partial charge in [-0.05, 0) is 12.1 Å². The van der Waals surface area contributed by atoms with Crippen molar-refractivity contribution >= 4 is 17.8 Å². The first-order valence-electron chi connectivity index (χ1n) is 3.84. The molecule has 0 spiro atoms. The molecule has 0 unspecified atom stereocenters. The van der Waals surface area contributed by atoms with Crippen molar-refractivity contribution in [3.63, 3.8) is 0 Å². The van der Waals surface area contributed by atoms with E-state index in [1.807, 2.05) is 6.07 Å². The van der Waals surface area contributed by atoms with E-state index in [-0.39, 0.29) is 0 Å². The van der Waals surface area contributed by atoms with Gasteiger partial charge in [0.25, 0.3) is 0 Å². The predicted octanol–water partition coefficient (Wildman–Crippen LogP) is 1.29. The molecule has 0 atom stereocenters. The van der Waals surface area contributed by atoms with Crippen LogP contribution < -0.4 is 21.1 Å². The van der Waals surface area contributed by atoms with Crippen LogP contribution in [0.5, 0.6) is 5.75 Å². The summed E-state index contributed by atoms with van der Waals surface area (Å²) in [6.07, 6.45) is 1.04. The van der Waals surface area contributed by atoms with Crippen molar-refractivity contribution in [3.05, 3.63) is 23.7 Å². The SMILES string of the molecule is [N-]=N/N=C/Oc1ccc2c(c1)NNN2. The Morgan fingerprint density at radius 3 is 3.00 bits per heavy atom. The molecule has 0 amide bonds. The van der Waals surface area contributed by atoms with Gasteiger partial charge < -0.3 is 26.2 Å². The first-order chi connectivity index (χ1) is 6.90. The van der Waals surface area contributed by atoms with E-state index in [4.69, 9.17) is 10.3 Å². The molecular weight excluding hydrogens is 184 g/mol. The number of anilines is 2. The molecule has 1 aromatic carbocycles. The Morgan fingerprint density at radius 2 is 2.14 bits per heavy atom. The van der Waals surface area contributed by atoms with Gasteiger partial charge in [0.15, 0.2) is 0 Å². The fourth-order valence-corrected chi connectivity index (χ4v) is 1.08. The van der Waals surface area contributed by atoms with Crippen molar-refractivity contribution in [3.8, 4) is 5.75 Å². The van der Waals surface area contributed by atoms with Gasteiger partial charge in [-0.1, -0.05) is 0 Å². The summed E-state index contributed by atoms with van der Waals surface area (Å²) in [5.41, 5.74) is 18.3. The molecule has 0 bridgehead atoms. The van der Waals surface area contributed by atoms with Crippen LogP contribution in [0.25, 0.3) is 5.53 Å². The Balaban J connectivity index is 2.12. The van der Waals surface area contributed by atoms with Crippen LogP contribution in [-0.2, 0) is 0 Å². The van der Waals surface area contributed by atoms with Crippen LogP contribution in [0.3, 0.4) is 0 Å². The lowest BCUT2D eigenvalue weighted by atomic mass is 10.2. The van der Waals surface area contributed by atoms with Crippen molar-refractivity contribution in [2.24, 2.45) is 10.3 Å². The average molecular weight is 191 g/mol. The van der Waals surface area contributed by atoms with E-state index >= 15 is 0 Å². The zero-order valence-corrected chi connectivity index (χ0v) is 7.06. The molecule has 0 saturated carbocycles. The molecule has 1 aromatic rings. The number of ether oxygens (including phenoxy) is 1. The molecule has 1 aliphatic rings. The quantitative estimate of drug-likeness (QED) is 0.290. The monoisotopic (exact) mass is 191 g/mol. The van der Waals surface area contributed by atoms with Gasteiger partial charge in [-0.2, -0.15) is 0 Å². The molecule has 1 aliphatic heterocycles. The van der Waals surface area contributed by atoms with Crippen LogP contribution in [0, 0.1) is 0 Å². The van der Waals surface area contributed by atoms with E-state index in [9.17, 15) is 0 Å². The smallest absolute Gasteiger partial charge is 0.128 e. The van der Waals surface area contributed by atoms with Crippen LogP contribution in [-0.4, -0.2) is 6.40 Å². The van der Waals surface area contributed by atoms with Crippen molar-refractivity contribution in [1.82, 2.24) is 5.53 Å². The van der Waals surface area contributed by atoms with Crippen LogP contribution in [0.2, 0.25) is 0 Å². The summed E-state index contributed by atoms with van der Waals surface area (Å²) in [6, 6.07) is 5.36. The number of hydrogen-bond donors (Lipinski definition) is 3.